The summed E-state index contributed by atoms with van der Waals surface area (Å²) in [5.74, 6) is -0.283. The highest BCUT2D eigenvalue weighted by Crippen LogP contribution is 2.32. The van der Waals surface area contributed by atoms with Crippen LogP contribution in [-0.2, 0) is 22.7 Å². The maximum Gasteiger partial charge on any atom is 0.416 e. The fourth-order valence-corrected chi connectivity index (χ4v) is 2.76. The van der Waals surface area contributed by atoms with Gasteiger partial charge in [-0.1, -0.05) is 30.3 Å². The van der Waals surface area contributed by atoms with Crippen LogP contribution in [0.3, 0.4) is 0 Å². The van der Waals surface area contributed by atoms with E-state index in [0.717, 1.165) is 6.07 Å². The molecule has 0 fully saturated rings. The van der Waals surface area contributed by atoms with E-state index in [1.807, 2.05) is 0 Å². The number of halogens is 4. The molecule has 0 radical (unpaired) electrons. The van der Waals surface area contributed by atoms with Gasteiger partial charge in [0, 0.05) is 5.41 Å². The first-order valence-electron chi connectivity index (χ1n) is 6.32. The predicted octanol–water partition coefficient (Wildman–Crippen LogP) is 4.76. The van der Waals surface area contributed by atoms with Crippen molar-refractivity contribution in [3.05, 3.63) is 76.4 Å². The number of alkyl halides is 3. The minimum absolute atomic E-state index is 0.0394. The smallest absolute Gasteiger partial charge is 0.255 e. The molecule has 0 heterocycles. The number of rotatable bonds is 4. The summed E-state index contributed by atoms with van der Waals surface area (Å²) in [7, 11) is -1.48. The number of benzene rings is 2. The van der Waals surface area contributed by atoms with E-state index in [0.29, 0.717) is 5.56 Å². The summed E-state index contributed by atoms with van der Waals surface area (Å²) in [6, 6.07) is 10.5. The second kappa shape index (κ2) is 6.87. The molecule has 6 heteroatoms. The van der Waals surface area contributed by atoms with E-state index in [1.54, 1.807) is 0 Å². The first-order valence-corrected chi connectivity index (χ1v) is 7.70. The minimum Gasteiger partial charge on any atom is -0.255 e. The van der Waals surface area contributed by atoms with Crippen molar-refractivity contribution in [1.29, 1.82) is 0 Å². The van der Waals surface area contributed by atoms with Crippen molar-refractivity contribution in [2.24, 2.45) is 0 Å². The summed E-state index contributed by atoms with van der Waals surface area (Å²) in [5.41, 5.74) is -0.166. The molecule has 0 bridgehead atoms. The molecule has 116 valence electrons. The minimum atomic E-state index is -4.46. The molecule has 0 spiro atoms. The molecule has 0 aliphatic carbocycles. The van der Waals surface area contributed by atoms with E-state index in [1.165, 1.54) is 53.9 Å². The average Bonchev–Trinajstić information content (AvgIpc) is 2.47. The molecule has 22 heavy (non-hydrogen) atoms. The number of hydrogen-bond donors (Lipinski definition) is 0. The van der Waals surface area contributed by atoms with Crippen molar-refractivity contribution in [3.63, 3.8) is 0 Å². The van der Waals surface area contributed by atoms with Crippen molar-refractivity contribution in [2.45, 2.75) is 11.9 Å². The molecule has 2 rings (SSSR count). The molecule has 0 aliphatic rings. The second-order valence-corrected chi connectivity index (χ2v) is 5.86. The SMILES string of the molecule is O=S(C=Cc1ccccc1C(F)(F)F)Cc1ccc(F)cc1. The fourth-order valence-electron chi connectivity index (χ4n) is 1.84. The van der Waals surface area contributed by atoms with Gasteiger partial charge in [-0.15, -0.1) is 0 Å². The Balaban J connectivity index is 2.12. The normalized spacial score (nSPS) is 13.5. The van der Waals surface area contributed by atoms with E-state index in [2.05, 4.69) is 0 Å². The Morgan fingerprint density at radius 1 is 1.00 bits per heavy atom. The largest absolute Gasteiger partial charge is 0.416 e. The maximum absolute atomic E-state index is 12.8. The van der Waals surface area contributed by atoms with E-state index in [4.69, 9.17) is 0 Å². The van der Waals surface area contributed by atoms with Crippen molar-refractivity contribution < 1.29 is 21.8 Å². The van der Waals surface area contributed by atoms with Gasteiger partial charge in [-0.3, -0.25) is 4.21 Å². The Labute approximate surface area is 127 Å². The summed E-state index contributed by atoms with van der Waals surface area (Å²) in [5, 5.41) is 1.22. The van der Waals surface area contributed by atoms with Crippen LogP contribution in [0.15, 0.2) is 53.9 Å². The summed E-state index contributed by atoms with van der Waals surface area (Å²) >= 11 is 0. The zero-order valence-electron chi connectivity index (χ0n) is 11.3. The summed E-state index contributed by atoms with van der Waals surface area (Å²) in [6.45, 7) is 0. The van der Waals surface area contributed by atoms with Gasteiger partial charge in [0.2, 0.25) is 0 Å². The Kier molecular flexibility index (Phi) is 5.13. The van der Waals surface area contributed by atoms with Crippen LogP contribution in [-0.4, -0.2) is 4.21 Å². The van der Waals surface area contributed by atoms with Crippen molar-refractivity contribution in [2.75, 3.05) is 0 Å². The molecule has 1 nitrogen and oxygen atoms in total. The Morgan fingerprint density at radius 2 is 1.64 bits per heavy atom. The second-order valence-electron chi connectivity index (χ2n) is 4.54. The summed E-state index contributed by atoms with van der Waals surface area (Å²) in [6.07, 6.45) is -3.26. The van der Waals surface area contributed by atoms with Gasteiger partial charge in [0.05, 0.1) is 22.1 Å². The van der Waals surface area contributed by atoms with Crippen LogP contribution in [0.25, 0.3) is 6.08 Å². The van der Waals surface area contributed by atoms with Gasteiger partial charge in [0.1, 0.15) is 5.82 Å². The van der Waals surface area contributed by atoms with E-state index in [-0.39, 0.29) is 11.3 Å². The summed E-state index contributed by atoms with van der Waals surface area (Å²) < 4.78 is 63.1. The average molecular weight is 328 g/mol. The van der Waals surface area contributed by atoms with Crippen LogP contribution in [0.4, 0.5) is 17.6 Å². The lowest BCUT2D eigenvalue weighted by atomic mass is 10.1. The van der Waals surface area contributed by atoms with Crippen molar-refractivity contribution in [1.82, 2.24) is 0 Å². The van der Waals surface area contributed by atoms with Crippen LogP contribution in [0.1, 0.15) is 16.7 Å². The predicted molar refractivity (Wildman–Crippen MR) is 78.7 cm³/mol. The first-order chi connectivity index (χ1) is 10.4. The Morgan fingerprint density at radius 3 is 2.27 bits per heavy atom. The van der Waals surface area contributed by atoms with Crippen LogP contribution in [0, 0.1) is 5.82 Å². The summed E-state index contributed by atoms with van der Waals surface area (Å²) in [4.78, 5) is 0. The lowest BCUT2D eigenvalue weighted by Gasteiger charge is -2.09. The fraction of sp³-hybridized carbons (Fsp3) is 0.125. The molecule has 0 saturated carbocycles. The quantitative estimate of drug-likeness (QED) is 0.739. The first kappa shape index (κ1) is 16.4. The lowest BCUT2D eigenvalue weighted by Crippen LogP contribution is -2.06. The molecule has 0 saturated heterocycles. The third kappa shape index (κ3) is 4.53. The van der Waals surface area contributed by atoms with Crippen molar-refractivity contribution in [3.8, 4) is 0 Å². The molecule has 0 N–H and O–H groups in total. The highest BCUT2D eigenvalue weighted by molar-refractivity contribution is 7.87. The van der Waals surface area contributed by atoms with Gasteiger partial charge >= 0.3 is 6.18 Å². The van der Waals surface area contributed by atoms with E-state index < -0.39 is 28.4 Å². The molecule has 0 amide bonds. The third-order valence-electron chi connectivity index (χ3n) is 2.89. The molecular formula is C16H12F4OS. The van der Waals surface area contributed by atoms with Gasteiger partial charge in [-0.25, -0.2) is 4.39 Å². The van der Waals surface area contributed by atoms with Crippen LogP contribution in [0.2, 0.25) is 0 Å². The lowest BCUT2D eigenvalue weighted by molar-refractivity contribution is -0.137. The van der Waals surface area contributed by atoms with Crippen LogP contribution in [0.5, 0.6) is 0 Å². The van der Waals surface area contributed by atoms with Crippen LogP contribution < -0.4 is 0 Å². The Hall–Kier alpha value is -1.95. The topological polar surface area (TPSA) is 17.1 Å². The van der Waals surface area contributed by atoms with E-state index >= 15 is 0 Å². The standard InChI is InChI=1S/C16H12F4OS/c17-14-7-5-12(6-8-14)11-22(21)10-9-13-3-1-2-4-15(13)16(18,19)20/h1-10H,11H2. The van der Waals surface area contributed by atoms with E-state index in [9.17, 15) is 21.8 Å². The molecule has 0 aliphatic heterocycles. The van der Waals surface area contributed by atoms with Gasteiger partial charge in [0.25, 0.3) is 0 Å². The van der Waals surface area contributed by atoms with Gasteiger partial charge in [-0.05, 0) is 35.4 Å². The molecule has 2 aromatic rings. The Bertz CT molecular complexity index is 690. The molecule has 0 aromatic heterocycles. The van der Waals surface area contributed by atoms with Crippen molar-refractivity contribution >= 4 is 16.9 Å². The highest BCUT2D eigenvalue weighted by Gasteiger charge is 2.32. The van der Waals surface area contributed by atoms with Gasteiger partial charge in [0.15, 0.2) is 0 Å². The highest BCUT2D eigenvalue weighted by atomic mass is 32.2. The third-order valence-corrected chi connectivity index (χ3v) is 3.95. The van der Waals surface area contributed by atoms with Gasteiger partial charge in [-0.2, -0.15) is 13.2 Å². The molecular weight excluding hydrogens is 316 g/mol. The zero-order chi connectivity index (χ0) is 16.2. The molecule has 1 atom stereocenters. The zero-order valence-corrected chi connectivity index (χ0v) is 12.1. The molecule has 1 unspecified atom stereocenters. The maximum atomic E-state index is 12.8. The monoisotopic (exact) mass is 328 g/mol. The van der Waals surface area contributed by atoms with Crippen LogP contribution >= 0.6 is 0 Å². The molecule has 2 aromatic carbocycles. The van der Waals surface area contributed by atoms with Gasteiger partial charge < -0.3 is 0 Å². The number of hydrogen-bond acceptors (Lipinski definition) is 1.